The number of fused-ring (bicyclic) bond motifs is 2. The van der Waals surface area contributed by atoms with Crippen molar-refractivity contribution in [1.29, 1.82) is 0 Å². The van der Waals surface area contributed by atoms with Crippen LogP contribution in [0.4, 0.5) is 11.4 Å². The van der Waals surface area contributed by atoms with Crippen molar-refractivity contribution in [3.8, 4) is 11.5 Å². The van der Waals surface area contributed by atoms with E-state index in [1.807, 2.05) is 0 Å². The number of phenols is 2. The maximum atomic E-state index is 12.6. The summed E-state index contributed by atoms with van der Waals surface area (Å²) in [4.78, 5) is 45.3. The van der Waals surface area contributed by atoms with E-state index in [0.29, 0.717) is 6.07 Å². The number of rotatable bonds is 2. The molecular weight excluding hydrogens is 324 g/mol. The molecule has 2 aromatic carbocycles. The maximum Gasteiger partial charge on any atom is 0.323 e. The first-order valence-corrected chi connectivity index (χ1v) is 6.35. The van der Waals surface area contributed by atoms with Crippen LogP contribution in [-0.4, -0.2) is 31.6 Å². The molecule has 10 heteroatoms. The lowest BCUT2D eigenvalue weighted by Crippen LogP contribution is -2.23. The highest BCUT2D eigenvalue weighted by molar-refractivity contribution is 6.32. The average Bonchev–Trinajstić information content (AvgIpc) is 2.50. The number of benzene rings is 2. The molecule has 0 aliphatic heterocycles. The van der Waals surface area contributed by atoms with Crippen LogP contribution in [0.3, 0.4) is 0 Å². The van der Waals surface area contributed by atoms with Crippen LogP contribution >= 0.6 is 0 Å². The number of phenolic OH excluding ortho intramolecular Hbond substituents is 2. The summed E-state index contributed by atoms with van der Waals surface area (Å²) in [5.74, 6) is -3.89. The van der Waals surface area contributed by atoms with Gasteiger partial charge in [-0.05, 0) is 6.07 Å². The van der Waals surface area contributed by atoms with Crippen LogP contribution in [0.2, 0.25) is 0 Å². The lowest BCUT2D eigenvalue weighted by molar-refractivity contribution is -0.390. The van der Waals surface area contributed by atoms with Gasteiger partial charge >= 0.3 is 5.69 Å². The Morgan fingerprint density at radius 3 is 2.08 bits per heavy atom. The summed E-state index contributed by atoms with van der Waals surface area (Å²) in [6.45, 7) is 0. The molecular formula is C14H6N2O8. The number of hydrogen-bond donors (Lipinski definition) is 2. The minimum atomic E-state index is -1.15. The number of aromatic hydroxyl groups is 2. The number of nitro benzene ring substituents is 2. The largest absolute Gasteiger partial charge is 0.507 e. The van der Waals surface area contributed by atoms with Crippen molar-refractivity contribution in [1.82, 2.24) is 0 Å². The summed E-state index contributed by atoms with van der Waals surface area (Å²) in [7, 11) is 0. The second kappa shape index (κ2) is 4.84. The molecule has 10 nitrogen and oxygen atoms in total. The first-order chi connectivity index (χ1) is 11.3. The van der Waals surface area contributed by atoms with Gasteiger partial charge in [-0.25, -0.2) is 0 Å². The van der Waals surface area contributed by atoms with Crippen LogP contribution in [0.25, 0.3) is 0 Å². The van der Waals surface area contributed by atoms with Crippen molar-refractivity contribution in [2.75, 3.05) is 0 Å². The van der Waals surface area contributed by atoms with Crippen molar-refractivity contribution >= 4 is 22.9 Å². The number of carbonyl (C=O) groups is 2. The van der Waals surface area contributed by atoms with Gasteiger partial charge in [-0.2, -0.15) is 0 Å². The summed E-state index contributed by atoms with van der Waals surface area (Å²) < 4.78 is 0. The number of hydrogen-bond acceptors (Lipinski definition) is 8. The zero-order valence-corrected chi connectivity index (χ0v) is 11.5. The molecule has 0 spiro atoms. The monoisotopic (exact) mass is 330 g/mol. The number of nitrogens with zero attached hydrogens (tertiary/aromatic N) is 2. The number of nitro groups is 2. The lowest BCUT2D eigenvalue weighted by Gasteiger charge is -2.18. The summed E-state index contributed by atoms with van der Waals surface area (Å²) in [5, 5.41) is 41.8. The highest BCUT2D eigenvalue weighted by Gasteiger charge is 2.44. The van der Waals surface area contributed by atoms with Crippen LogP contribution in [0.1, 0.15) is 31.8 Å². The summed E-state index contributed by atoms with van der Waals surface area (Å²) in [6, 6.07) is 3.97. The van der Waals surface area contributed by atoms with E-state index in [4.69, 9.17) is 0 Å². The van der Waals surface area contributed by atoms with Crippen molar-refractivity contribution in [3.05, 3.63) is 66.7 Å². The molecule has 0 bridgehead atoms. The van der Waals surface area contributed by atoms with E-state index in [1.54, 1.807) is 0 Å². The third kappa shape index (κ3) is 1.83. The topological polar surface area (TPSA) is 161 Å². The summed E-state index contributed by atoms with van der Waals surface area (Å²) in [6.07, 6.45) is 0. The van der Waals surface area contributed by atoms with Gasteiger partial charge in [-0.15, -0.1) is 0 Å². The van der Waals surface area contributed by atoms with E-state index in [1.165, 1.54) is 12.1 Å². The van der Waals surface area contributed by atoms with Gasteiger partial charge in [0.05, 0.1) is 21.5 Å². The molecule has 0 heterocycles. The van der Waals surface area contributed by atoms with E-state index in [9.17, 15) is 40.0 Å². The van der Waals surface area contributed by atoms with Crippen molar-refractivity contribution < 1.29 is 29.6 Å². The van der Waals surface area contributed by atoms with E-state index in [-0.39, 0.29) is 5.56 Å². The SMILES string of the molecule is O=C1c2cccc(O)c2C(=O)c2c1c([N+](=O)[O-])cc(O)c2[N+](=O)[O-]. The van der Waals surface area contributed by atoms with Gasteiger partial charge in [-0.3, -0.25) is 29.8 Å². The Hall–Kier alpha value is -3.82. The fourth-order valence-corrected chi connectivity index (χ4v) is 2.65. The molecule has 2 N–H and O–H groups in total. The van der Waals surface area contributed by atoms with Gasteiger partial charge < -0.3 is 10.2 Å². The van der Waals surface area contributed by atoms with Crippen LogP contribution < -0.4 is 0 Å². The van der Waals surface area contributed by atoms with Gasteiger partial charge in [0.2, 0.25) is 17.3 Å². The molecule has 1 aliphatic carbocycles. The Morgan fingerprint density at radius 2 is 1.50 bits per heavy atom. The van der Waals surface area contributed by atoms with Gasteiger partial charge in [0.1, 0.15) is 16.9 Å². The Balaban J connectivity index is 2.52. The van der Waals surface area contributed by atoms with Crippen LogP contribution in [0.5, 0.6) is 11.5 Å². The van der Waals surface area contributed by atoms with E-state index in [2.05, 4.69) is 0 Å². The van der Waals surface area contributed by atoms with Crippen LogP contribution in [0, 0.1) is 20.2 Å². The molecule has 0 aromatic heterocycles. The van der Waals surface area contributed by atoms with Crippen molar-refractivity contribution in [2.45, 2.75) is 0 Å². The lowest BCUT2D eigenvalue weighted by atomic mass is 9.81. The molecule has 0 atom stereocenters. The highest BCUT2D eigenvalue weighted by Crippen LogP contribution is 2.44. The van der Waals surface area contributed by atoms with Gasteiger partial charge in [0.15, 0.2) is 0 Å². The summed E-state index contributed by atoms with van der Waals surface area (Å²) in [5.41, 5.74) is -4.56. The Morgan fingerprint density at radius 1 is 0.833 bits per heavy atom. The van der Waals surface area contributed by atoms with Crippen LogP contribution in [-0.2, 0) is 0 Å². The molecule has 0 fully saturated rings. The predicted molar refractivity (Wildman–Crippen MR) is 76.4 cm³/mol. The van der Waals surface area contributed by atoms with Gasteiger partial charge in [0.25, 0.3) is 5.69 Å². The minimum absolute atomic E-state index is 0.310. The van der Waals surface area contributed by atoms with E-state index < -0.39 is 61.0 Å². The zero-order valence-electron chi connectivity index (χ0n) is 11.5. The third-order valence-electron chi connectivity index (χ3n) is 3.61. The first-order valence-electron chi connectivity index (χ1n) is 6.35. The smallest absolute Gasteiger partial charge is 0.323 e. The average molecular weight is 330 g/mol. The predicted octanol–water partition coefficient (Wildman–Crippen LogP) is 1.69. The molecule has 0 saturated heterocycles. The Kier molecular flexibility index (Phi) is 3.04. The molecule has 0 amide bonds. The van der Waals surface area contributed by atoms with Gasteiger partial charge in [-0.1, -0.05) is 12.1 Å². The second-order valence-electron chi connectivity index (χ2n) is 4.89. The fourth-order valence-electron chi connectivity index (χ4n) is 2.65. The third-order valence-corrected chi connectivity index (χ3v) is 3.61. The standard InChI is InChI=1S/C14H6N2O8/c17-7-3-1-2-5-9(7)14(20)11-10(13(5)19)6(15(21)22)4-8(18)12(11)16(23)24/h1-4,17-18H. The molecule has 0 saturated carbocycles. The molecule has 1 aliphatic rings. The maximum absolute atomic E-state index is 12.6. The first kappa shape index (κ1) is 15.1. The van der Waals surface area contributed by atoms with Crippen molar-refractivity contribution in [2.24, 2.45) is 0 Å². The fraction of sp³-hybridized carbons (Fsp3) is 0. The van der Waals surface area contributed by atoms with E-state index >= 15 is 0 Å². The molecule has 0 unspecified atom stereocenters. The Bertz CT molecular complexity index is 979. The molecule has 120 valence electrons. The molecule has 3 rings (SSSR count). The molecule has 0 radical (unpaired) electrons. The highest BCUT2D eigenvalue weighted by atomic mass is 16.6. The quantitative estimate of drug-likeness (QED) is 0.530. The molecule has 2 aromatic rings. The Labute approximate surface area is 131 Å². The molecule has 24 heavy (non-hydrogen) atoms. The number of carbonyl (C=O) groups excluding carboxylic acids is 2. The normalized spacial score (nSPS) is 12.5. The van der Waals surface area contributed by atoms with Crippen molar-refractivity contribution in [3.63, 3.8) is 0 Å². The summed E-state index contributed by atoms with van der Waals surface area (Å²) >= 11 is 0. The zero-order chi connectivity index (χ0) is 17.8. The van der Waals surface area contributed by atoms with Gasteiger partial charge in [0, 0.05) is 5.56 Å². The van der Waals surface area contributed by atoms with Crippen LogP contribution in [0.15, 0.2) is 24.3 Å². The minimum Gasteiger partial charge on any atom is -0.507 e. The second-order valence-corrected chi connectivity index (χ2v) is 4.89. The van der Waals surface area contributed by atoms with E-state index in [0.717, 1.165) is 6.07 Å². The number of ketones is 2.